The molecule has 0 atom stereocenters. The van der Waals surface area contributed by atoms with Crippen molar-refractivity contribution < 1.29 is 18.3 Å². The first-order valence-corrected chi connectivity index (χ1v) is 8.92. The average Bonchev–Trinajstić information content (AvgIpc) is 2.79. The van der Waals surface area contributed by atoms with Gasteiger partial charge in [-0.15, -0.1) is 0 Å². The summed E-state index contributed by atoms with van der Waals surface area (Å²) in [5.74, 6) is -3.14. The minimum absolute atomic E-state index is 0.0356. The number of nitriles is 1. The molecule has 1 aromatic heterocycles. The lowest BCUT2D eigenvalue weighted by atomic mass is 10.0. The van der Waals surface area contributed by atoms with Gasteiger partial charge in [0.2, 0.25) is 0 Å². The number of hydrogen-bond acceptors (Lipinski definition) is 5. The van der Waals surface area contributed by atoms with Crippen molar-refractivity contribution >= 4 is 16.8 Å². The van der Waals surface area contributed by atoms with Crippen molar-refractivity contribution in [2.75, 3.05) is 0 Å². The molecule has 0 amide bonds. The van der Waals surface area contributed by atoms with Gasteiger partial charge in [-0.05, 0) is 29.8 Å². The Morgan fingerprint density at radius 2 is 1.83 bits per heavy atom. The number of aromatic nitrogens is 2. The van der Waals surface area contributed by atoms with Crippen LogP contribution in [0.4, 0.5) is 8.78 Å². The highest BCUT2D eigenvalue weighted by molar-refractivity contribution is 6.10. The predicted octanol–water partition coefficient (Wildman–Crippen LogP) is 4.59. The predicted molar refractivity (Wildman–Crippen MR) is 105 cm³/mol. The molecule has 146 valence electrons. The second kappa shape index (κ2) is 8.05. The molecule has 0 aliphatic heterocycles. The van der Waals surface area contributed by atoms with Gasteiger partial charge in [-0.2, -0.15) is 5.26 Å². The molecule has 0 saturated heterocycles. The summed E-state index contributed by atoms with van der Waals surface area (Å²) in [6, 6.07) is 17.5. The SMILES string of the molecule is N#Cc1cnc2ccc(C(=O)c3cc(OCc4ccccc4)cc(F)c3F)cc2n1. The van der Waals surface area contributed by atoms with Gasteiger partial charge in [-0.3, -0.25) is 9.78 Å². The molecule has 0 saturated carbocycles. The third-order valence-corrected chi connectivity index (χ3v) is 4.41. The Hall–Kier alpha value is -4.18. The summed E-state index contributed by atoms with van der Waals surface area (Å²) < 4.78 is 34.1. The number of halogens is 2. The summed E-state index contributed by atoms with van der Waals surface area (Å²) in [4.78, 5) is 21.0. The Labute approximate surface area is 170 Å². The molecule has 0 spiro atoms. The van der Waals surface area contributed by atoms with Gasteiger partial charge in [-0.25, -0.2) is 13.8 Å². The van der Waals surface area contributed by atoms with Crippen molar-refractivity contribution in [1.29, 1.82) is 5.26 Å². The molecule has 0 aliphatic rings. The van der Waals surface area contributed by atoms with Crippen LogP contribution in [0.2, 0.25) is 0 Å². The van der Waals surface area contributed by atoms with Crippen LogP contribution in [0.15, 0.2) is 66.9 Å². The van der Waals surface area contributed by atoms with Gasteiger partial charge in [0.25, 0.3) is 0 Å². The van der Waals surface area contributed by atoms with Gasteiger partial charge in [0.15, 0.2) is 23.1 Å². The summed E-state index contributed by atoms with van der Waals surface area (Å²) in [6.07, 6.45) is 1.31. The Kier molecular flexibility index (Phi) is 5.14. The van der Waals surface area contributed by atoms with Crippen LogP contribution >= 0.6 is 0 Å². The maximum absolute atomic E-state index is 14.4. The van der Waals surface area contributed by atoms with Gasteiger partial charge < -0.3 is 4.74 Å². The number of fused-ring (bicyclic) bond motifs is 1. The molecule has 30 heavy (non-hydrogen) atoms. The van der Waals surface area contributed by atoms with E-state index in [4.69, 9.17) is 10.00 Å². The van der Waals surface area contributed by atoms with E-state index in [2.05, 4.69) is 9.97 Å². The molecule has 4 aromatic rings. The van der Waals surface area contributed by atoms with Crippen LogP contribution in [0.1, 0.15) is 27.2 Å². The fourth-order valence-corrected chi connectivity index (χ4v) is 2.92. The molecule has 0 fully saturated rings. The van der Waals surface area contributed by atoms with Crippen molar-refractivity contribution in [2.45, 2.75) is 6.61 Å². The zero-order valence-corrected chi connectivity index (χ0v) is 15.5. The van der Waals surface area contributed by atoms with E-state index in [1.807, 2.05) is 36.4 Å². The summed E-state index contributed by atoms with van der Waals surface area (Å²) in [7, 11) is 0. The van der Waals surface area contributed by atoms with Crippen LogP contribution in [-0.4, -0.2) is 15.8 Å². The number of benzene rings is 3. The van der Waals surface area contributed by atoms with E-state index in [1.54, 1.807) is 0 Å². The fourth-order valence-electron chi connectivity index (χ4n) is 2.92. The average molecular weight is 401 g/mol. The molecule has 7 heteroatoms. The van der Waals surface area contributed by atoms with Gasteiger partial charge >= 0.3 is 0 Å². The van der Waals surface area contributed by atoms with Crippen LogP contribution in [0.3, 0.4) is 0 Å². The third kappa shape index (κ3) is 3.84. The second-order valence-corrected chi connectivity index (χ2v) is 6.44. The Morgan fingerprint density at radius 1 is 1.03 bits per heavy atom. The number of carbonyl (C=O) groups is 1. The molecule has 0 bridgehead atoms. The van der Waals surface area contributed by atoms with Gasteiger partial charge in [0.05, 0.1) is 22.8 Å². The maximum Gasteiger partial charge on any atom is 0.196 e. The van der Waals surface area contributed by atoms with E-state index in [0.717, 1.165) is 11.6 Å². The Bertz CT molecular complexity index is 1300. The molecule has 0 N–H and O–H groups in total. The number of hydrogen-bond donors (Lipinski definition) is 0. The minimum atomic E-state index is -1.26. The number of ketones is 1. The van der Waals surface area contributed by atoms with E-state index in [9.17, 15) is 13.6 Å². The molecular formula is C23H13F2N3O2. The molecule has 5 nitrogen and oxygen atoms in total. The van der Waals surface area contributed by atoms with E-state index in [0.29, 0.717) is 11.0 Å². The lowest BCUT2D eigenvalue weighted by Crippen LogP contribution is -2.08. The highest BCUT2D eigenvalue weighted by atomic mass is 19.2. The lowest BCUT2D eigenvalue weighted by Gasteiger charge is -2.10. The zero-order valence-electron chi connectivity index (χ0n) is 15.5. The van der Waals surface area contributed by atoms with Crippen molar-refractivity contribution in [2.24, 2.45) is 0 Å². The van der Waals surface area contributed by atoms with Crippen molar-refractivity contribution in [3.05, 3.63) is 101 Å². The van der Waals surface area contributed by atoms with Crippen LogP contribution in [-0.2, 0) is 6.61 Å². The molecule has 0 radical (unpaired) electrons. The van der Waals surface area contributed by atoms with Crippen molar-refractivity contribution in [1.82, 2.24) is 9.97 Å². The fraction of sp³-hybridized carbons (Fsp3) is 0.0435. The highest BCUT2D eigenvalue weighted by Crippen LogP contribution is 2.25. The molecule has 3 aromatic carbocycles. The molecular weight excluding hydrogens is 388 g/mol. The van der Waals surface area contributed by atoms with Crippen LogP contribution in [0.25, 0.3) is 11.0 Å². The first-order chi connectivity index (χ1) is 14.5. The Morgan fingerprint density at radius 3 is 2.60 bits per heavy atom. The summed E-state index contributed by atoms with van der Waals surface area (Å²) in [6.45, 7) is 0.141. The molecule has 0 unspecified atom stereocenters. The quantitative estimate of drug-likeness (QED) is 0.457. The summed E-state index contributed by atoms with van der Waals surface area (Å²) in [5.41, 5.74) is 1.33. The monoisotopic (exact) mass is 401 g/mol. The van der Waals surface area contributed by atoms with Gasteiger partial charge in [0.1, 0.15) is 18.4 Å². The Balaban J connectivity index is 1.67. The molecule has 4 rings (SSSR count). The lowest BCUT2D eigenvalue weighted by molar-refractivity contribution is 0.103. The first kappa shape index (κ1) is 19.2. The maximum atomic E-state index is 14.4. The topological polar surface area (TPSA) is 75.9 Å². The largest absolute Gasteiger partial charge is 0.489 e. The van der Waals surface area contributed by atoms with Crippen molar-refractivity contribution in [3.63, 3.8) is 0 Å². The van der Waals surface area contributed by atoms with Crippen LogP contribution < -0.4 is 4.74 Å². The van der Waals surface area contributed by atoms with E-state index >= 15 is 0 Å². The zero-order chi connectivity index (χ0) is 21.1. The normalized spacial score (nSPS) is 10.6. The third-order valence-electron chi connectivity index (χ3n) is 4.41. The molecule has 0 aliphatic carbocycles. The first-order valence-electron chi connectivity index (χ1n) is 8.92. The standard InChI is InChI=1S/C23H13F2N3O2/c24-19-10-17(30-13-14-4-2-1-3-5-14)9-18(22(19)25)23(29)15-6-7-20-21(8-15)28-16(11-26)12-27-20/h1-10,12H,13H2. The second-order valence-electron chi connectivity index (χ2n) is 6.44. The van der Waals surface area contributed by atoms with Crippen LogP contribution in [0, 0.1) is 23.0 Å². The smallest absolute Gasteiger partial charge is 0.196 e. The number of carbonyl (C=O) groups excluding carboxylic acids is 1. The van der Waals surface area contributed by atoms with Crippen LogP contribution in [0.5, 0.6) is 5.75 Å². The van der Waals surface area contributed by atoms with E-state index in [-0.39, 0.29) is 23.6 Å². The minimum Gasteiger partial charge on any atom is -0.489 e. The van der Waals surface area contributed by atoms with Crippen molar-refractivity contribution in [3.8, 4) is 11.8 Å². The number of rotatable bonds is 5. The summed E-state index contributed by atoms with van der Waals surface area (Å²) >= 11 is 0. The van der Waals surface area contributed by atoms with Gasteiger partial charge in [0, 0.05) is 11.6 Å². The number of nitrogens with zero attached hydrogens (tertiary/aromatic N) is 3. The highest BCUT2D eigenvalue weighted by Gasteiger charge is 2.20. The van der Waals surface area contributed by atoms with E-state index in [1.165, 1.54) is 30.5 Å². The molecule has 1 heterocycles. The summed E-state index contributed by atoms with van der Waals surface area (Å²) in [5, 5.41) is 8.96. The number of ether oxygens (including phenoxy) is 1. The van der Waals surface area contributed by atoms with Gasteiger partial charge in [-0.1, -0.05) is 30.3 Å². The van der Waals surface area contributed by atoms with E-state index < -0.39 is 23.0 Å².